The van der Waals surface area contributed by atoms with Gasteiger partial charge in [0.25, 0.3) is 0 Å². The van der Waals surface area contributed by atoms with Crippen molar-refractivity contribution in [3.05, 3.63) is 46.0 Å². The Labute approximate surface area is 125 Å². The first-order chi connectivity index (χ1) is 9.81. The van der Waals surface area contributed by atoms with Gasteiger partial charge >= 0.3 is 0 Å². The first-order valence-corrected chi connectivity index (χ1v) is 8.22. The van der Waals surface area contributed by atoms with E-state index in [1.165, 1.54) is 4.88 Å². The van der Waals surface area contributed by atoms with E-state index in [0.29, 0.717) is 0 Å². The summed E-state index contributed by atoms with van der Waals surface area (Å²) in [6.07, 6.45) is 1.15. The molecule has 4 heteroatoms. The largest absolute Gasteiger partial charge is 0.463 e. The first-order valence-electron chi connectivity index (χ1n) is 7.34. The Bertz CT molecular complexity index is 478. The van der Waals surface area contributed by atoms with Gasteiger partial charge in [0.05, 0.1) is 13.1 Å². The molecule has 0 aliphatic rings. The van der Waals surface area contributed by atoms with Crippen LogP contribution in [-0.4, -0.2) is 18.0 Å². The van der Waals surface area contributed by atoms with Crippen molar-refractivity contribution in [1.82, 2.24) is 10.2 Å². The molecule has 2 heterocycles. The standard InChI is InChI=1S/C16H24N2OS/c1-3-9-17-11-14-7-8-15(19-14)12-18(4-2)13-16-6-5-10-20-16/h5-8,10,17H,3-4,9,11-13H2,1-2H3. The van der Waals surface area contributed by atoms with Crippen molar-refractivity contribution in [3.8, 4) is 0 Å². The zero-order valence-corrected chi connectivity index (χ0v) is 13.2. The third-order valence-corrected chi connectivity index (χ3v) is 4.09. The maximum Gasteiger partial charge on any atom is 0.118 e. The van der Waals surface area contributed by atoms with Gasteiger partial charge in [-0.25, -0.2) is 0 Å². The minimum Gasteiger partial charge on any atom is -0.463 e. The highest BCUT2D eigenvalue weighted by Gasteiger charge is 2.09. The molecule has 0 amide bonds. The number of thiophene rings is 1. The molecule has 0 aliphatic heterocycles. The molecule has 0 saturated carbocycles. The van der Waals surface area contributed by atoms with E-state index in [4.69, 9.17) is 4.42 Å². The van der Waals surface area contributed by atoms with Crippen molar-refractivity contribution < 1.29 is 4.42 Å². The fourth-order valence-electron chi connectivity index (χ4n) is 2.11. The van der Waals surface area contributed by atoms with E-state index in [9.17, 15) is 0 Å². The molecule has 0 fully saturated rings. The Morgan fingerprint density at radius 2 is 2.00 bits per heavy atom. The molecule has 2 aromatic heterocycles. The minimum atomic E-state index is 0.824. The Kier molecular flexibility index (Phi) is 6.30. The molecule has 0 radical (unpaired) electrons. The Morgan fingerprint density at radius 3 is 2.70 bits per heavy atom. The monoisotopic (exact) mass is 292 g/mol. The third kappa shape index (κ3) is 4.78. The fourth-order valence-corrected chi connectivity index (χ4v) is 2.86. The minimum absolute atomic E-state index is 0.824. The van der Waals surface area contributed by atoms with Crippen molar-refractivity contribution in [1.29, 1.82) is 0 Å². The van der Waals surface area contributed by atoms with E-state index < -0.39 is 0 Å². The van der Waals surface area contributed by atoms with Crippen LogP contribution in [0, 0.1) is 0 Å². The molecular weight excluding hydrogens is 268 g/mol. The van der Waals surface area contributed by atoms with Gasteiger partial charge in [0.15, 0.2) is 0 Å². The summed E-state index contributed by atoms with van der Waals surface area (Å²) >= 11 is 1.81. The topological polar surface area (TPSA) is 28.4 Å². The molecule has 1 N–H and O–H groups in total. The molecule has 20 heavy (non-hydrogen) atoms. The van der Waals surface area contributed by atoms with Crippen molar-refractivity contribution in [2.75, 3.05) is 13.1 Å². The van der Waals surface area contributed by atoms with Gasteiger partial charge in [-0.15, -0.1) is 11.3 Å². The van der Waals surface area contributed by atoms with Gasteiger partial charge in [-0.05, 0) is 43.1 Å². The molecule has 0 spiro atoms. The van der Waals surface area contributed by atoms with Crippen LogP contribution in [-0.2, 0) is 19.6 Å². The summed E-state index contributed by atoms with van der Waals surface area (Å²) in [5.41, 5.74) is 0. The van der Waals surface area contributed by atoms with Crippen molar-refractivity contribution in [2.24, 2.45) is 0 Å². The predicted molar refractivity (Wildman–Crippen MR) is 84.8 cm³/mol. The van der Waals surface area contributed by atoms with Crippen LogP contribution < -0.4 is 5.32 Å². The van der Waals surface area contributed by atoms with Crippen LogP contribution in [0.4, 0.5) is 0 Å². The third-order valence-electron chi connectivity index (χ3n) is 3.23. The second-order valence-electron chi connectivity index (χ2n) is 4.93. The molecule has 110 valence electrons. The van der Waals surface area contributed by atoms with Crippen LogP contribution in [0.25, 0.3) is 0 Å². The zero-order chi connectivity index (χ0) is 14.2. The molecule has 0 aliphatic carbocycles. The highest BCUT2D eigenvalue weighted by Crippen LogP contribution is 2.15. The van der Waals surface area contributed by atoms with Crippen LogP contribution in [0.3, 0.4) is 0 Å². The smallest absolute Gasteiger partial charge is 0.118 e. The lowest BCUT2D eigenvalue weighted by molar-refractivity contribution is 0.246. The van der Waals surface area contributed by atoms with Crippen molar-refractivity contribution in [2.45, 2.75) is 39.9 Å². The predicted octanol–water partition coefficient (Wildman–Crippen LogP) is 3.86. The molecule has 2 rings (SSSR count). The van der Waals surface area contributed by atoms with E-state index in [0.717, 1.165) is 50.7 Å². The molecular formula is C16H24N2OS. The van der Waals surface area contributed by atoms with E-state index in [2.05, 4.69) is 53.7 Å². The molecule has 3 nitrogen and oxygen atoms in total. The van der Waals surface area contributed by atoms with Crippen LogP contribution in [0.15, 0.2) is 34.1 Å². The zero-order valence-electron chi connectivity index (χ0n) is 12.4. The summed E-state index contributed by atoms with van der Waals surface area (Å²) in [6.45, 7) is 9.13. The molecule has 0 bridgehead atoms. The molecule has 0 aromatic carbocycles. The van der Waals surface area contributed by atoms with Gasteiger partial charge in [0.1, 0.15) is 11.5 Å². The Balaban J connectivity index is 1.84. The number of furan rings is 1. The van der Waals surface area contributed by atoms with Gasteiger partial charge in [-0.3, -0.25) is 4.90 Å². The first kappa shape index (κ1) is 15.3. The van der Waals surface area contributed by atoms with E-state index >= 15 is 0 Å². The lowest BCUT2D eigenvalue weighted by Gasteiger charge is -2.18. The number of nitrogens with one attached hydrogen (secondary N) is 1. The number of nitrogens with zero attached hydrogens (tertiary/aromatic N) is 1. The second-order valence-corrected chi connectivity index (χ2v) is 5.96. The Hall–Kier alpha value is -1.10. The average Bonchev–Trinajstić information content (AvgIpc) is 3.10. The number of rotatable bonds is 9. The Morgan fingerprint density at radius 1 is 1.15 bits per heavy atom. The van der Waals surface area contributed by atoms with Crippen LogP contribution in [0.2, 0.25) is 0 Å². The fraction of sp³-hybridized carbons (Fsp3) is 0.500. The van der Waals surface area contributed by atoms with Gasteiger partial charge in [0.2, 0.25) is 0 Å². The summed E-state index contributed by atoms with van der Waals surface area (Å²) in [6, 6.07) is 8.48. The van der Waals surface area contributed by atoms with Crippen molar-refractivity contribution in [3.63, 3.8) is 0 Å². The summed E-state index contributed by atoms with van der Waals surface area (Å²) in [7, 11) is 0. The summed E-state index contributed by atoms with van der Waals surface area (Å²) in [4.78, 5) is 3.80. The molecule has 0 atom stereocenters. The number of hydrogen-bond acceptors (Lipinski definition) is 4. The van der Waals surface area contributed by atoms with E-state index in [1.807, 2.05) is 11.3 Å². The normalized spacial score (nSPS) is 11.3. The van der Waals surface area contributed by atoms with Gasteiger partial charge < -0.3 is 9.73 Å². The maximum absolute atomic E-state index is 5.88. The number of hydrogen-bond donors (Lipinski definition) is 1. The van der Waals surface area contributed by atoms with E-state index in [-0.39, 0.29) is 0 Å². The lowest BCUT2D eigenvalue weighted by atomic mass is 10.3. The van der Waals surface area contributed by atoms with Crippen LogP contribution in [0.5, 0.6) is 0 Å². The molecule has 0 saturated heterocycles. The second kappa shape index (κ2) is 8.25. The summed E-state index contributed by atoms with van der Waals surface area (Å²) in [5, 5.41) is 5.50. The van der Waals surface area contributed by atoms with E-state index in [1.54, 1.807) is 0 Å². The van der Waals surface area contributed by atoms with Gasteiger partial charge in [0, 0.05) is 11.4 Å². The summed E-state index contributed by atoms with van der Waals surface area (Å²) in [5.74, 6) is 2.08. The van der Waals surface area contributed by atoms with Crippen LogP contribution in [0.1, 0.15) is 36.7 Å². The highest BCUT2D eigenvalue weighted by molar-refractivity contribution is 7.09. The molecule has 2 aromatic rings. The van der Waals surface area contributed by atoms with Crippen LogP contribution >= 0.6 is 11.3 Å². The lowest BCUT2D eigenvalue weighted by Crippen LogP contribution is -2.21. The average molecular weight is 292 g/mol. The quantitative estimate of drug-likeness (QED) is 0.711. The SMILES string of the molecule is CCCNCc1ccc(CN(CC)Cc2cccs2)o1. The molecule has 0 unspecified atom stereocenters. The van der Waals surface area contributed by atoms with Gasteiger partial charge in [-0.1, -0.05) is 19.9 Å². The summed E-state index contributed by atoms with van der Waals surface area (Å²) < 4.78 is 5.88. The van der Waals surface area contributed by atoms with Gasteiger partial charge in [-0.2, -0.15) is 0 Å². The highest BCUT2D eigenvalue weighted by atomic mass is 32.1. The maximum atomic E-state index is 5.88. The van der Waals surface area contributed by atoms with Crippen molar-refractivity contribution >= 4 is 11.3 Å².